The third kappa shape index (κ3) is 6.09. The molecule has 124 valence electrons. The Morgan fingerprint density at radius 1 is 1.23 bits per heavy atom. The number of unbranched alkanes of at least 4 members (excludes halogenated alkanes) is 1. The number of Topliss-reactive ketones (excluding diaryl/α,β-unsaturated/α-hetero) is 1. The van der Waals surface area contributed by atoms with Crippen LogP contribution < -0.4 is 16.2 Å². The van der Waals surface area contributed by atoms with E-state index in [-0.39, 0.29) is 11.8 Å². The quantitative estimate of drug-likeness (QED) is 0.338. The Morgan fingerprint density at radius 3 is 2.50 bits per heavy atom. The Labute approximate surface area is 136 Å². The zero-order valence-electron chi connectivity index (χ0n) is 13.0. The van der Waals surface area contributed by atoms with E-state index in [0.29, 0.717) is 6.42 Å². The first-order chi connectivity index (χ1) is 10.6. The minimum atomic E-state index is -0.786. The lowest BCUT2D eigenvalue weighted by atomic mass is 9.88. The molecule has 0 unspecified atom stereocenters. The van der Waals surface area contributed by atoms with Crippen LogP contribution in [0.3, 0.4) is 0 Å². The van der Waals surface area contributed by atoms with Crippen LogP contribution in [0.4, 0.5) is 0 Å². The fourth-order valence-corrected chi connectivity index (χ4v) is 2.71. The molecule has 1 atom stereocenters. The Balaban J connectivity index is 2.61. The highest BCUT2D eigenvalue weighted by molar-refractivity contribution is 7.78. The molecule has 0 aliphatic heterocycles. The van der Waals surface area contributed by atoms with Crippen LogP contribution in [0.2, 0.25) is 0 Å². The van der Waals surface area contributed by atoms with Crippen molar-refractivity contribution in [1.29, 1.82) is 0 Å². The summed E-state index contributed by atoms with van der Waals surface area (Å²) in [6.07, 6.45) is 7.11. The van der Waals surface area contributed by atoms with Crippen LogP contribution in [0.5, 0.6) is 0 Å². The zero-order valence-corrected chi connectivity index (χ0v) is 13.8. The van der Waals surface area contributed by atoms with Gasteiger partial charge in [0.05, 0.1) is 11.5 Å². The molecule has 1 saturated carbocycles. The standard InChI is InChI=1S/C15H25N3O3S/c1-2-3-9-12(13(19)15(21)18-16-10-22)17-14(20)11-7-5-4-6-8-11/h10-12H,2-9H2,1H3,(H,16,22)(H,17,20)(H,18,21)/t12-/m0/s1. The second kappa shape index (κ2) is 10.3. The van der Waals surface area contributed by atoms with Crippen molar-refractivity contribution < 1.29 is 14.4 Å². The second-order valence-electron chi connectivity index (χ2n) is 5.62. The van der Waals surface area contributed by atoms with Gasteiger partial charge in [0.2, 0.25) is 11.7 Å². The molecule has 0 radical (unpaired) electrons. The van der Waals surface area contributed by atoms with E-state index in [1.165, 1.54) is 0 Å². The van der Waals surface area contributed by atoms with Gasteiger partial charge < -0.3 is 5.32 Å². The van der Waals surface area contributed by atoms with Crippen molar-refractivity contribution in [3.05, 3.63) is 0 Å². The van der Waals surface area contributed by atoms with E-state index in [1.54, 1.807) is 0 Å². The van der Waals surface area contributed by atoms with Crippen LogP contribution in [-0.4, -0.2) is 29.1 Å². The summed E-state index contributed by atoms with van der Waals surface area (Å²) in [6, 6.07) is -0.763. The van der Waals surface area contributed by atoms with Gasteiger partial charge in [-0.25, -0.2) is 0 Å². The number of hydrogen-bond acceptors (Lipinski definition) is 4. The lowest BCUT2D eigenvalue weighted by Gasteiger charge is -2.24. The van der Waals surface area contributed by atoms with Gasteiger partial charge in [0.15, 0.2) is 0 Å². The lowest BCUT2D eigenvalue weighted by Crippen LogP contribution is -2.51. The molecule has 0 aromatic carbocycles. The van der Waals surface area contributed by atoms with E-state index in [9.17, 15) is 14.4 Å². The summed E-state index contributed by atoms with van der Waals surface area (Å²) in [4.78, 5) is 36.2. The molecular formula is C15H25N3O3S. The van der Waals surface area contributed by atoms with Crippen molar-refractivity contribution in [2.45, 2.75) is 64.3 Å². The largest absolute Gasteiger partial charge is 0.345 e. The summed E-state index contributed by atoms with van der Waals surface area (Å²) in [6.45, 7) is 2.00. The SMILES string of the molecule is CCCC[C@H](NC(=O)C1CCCCC1)C(=O)C(=O)NNC=S. The van der Waals surface area contributed by atoms with E-state index in [2.05, 4.69) is 28.4 Å². The molecule has 22 heavy (non-hydrogen) atoms. The second-order valence-corrected chi connectivity index (χ2v) is 5.85. The average molecular weight is 327 g/mol. The van der Waals surface area contributed by atoms with Gasteiger partial charge in [0.1, 0.15) is 0 Å². The van der Waals surface area contributed by atoms with E-state index >= 15 is 0 Å². The number of ketones is 1. The predicted molar refractivity (Wildman–Crippen MR) is 88.0 cm³/mol. The highest BCUT2D eigenvalue weighted by Gasteiger charge is 2.29. The van der Waals surface area contributed by atoms with Crippen molar-refractivity contribution in [3.63, 3.8) is 0 Å². The lowest BCUT2D eigenvalue weighted by molar-refractivity contribution is -0.141. The van der Waals surface area contributed by atoms with Gasteiger partial charge in [-0.3, -0.25) is 25.2 Å². The zero-order chi connectivity index (χ0) is 16.4. The summed E-state index contributed by atoms with van der Waals surface area (Å²) in [5.74, 6) is -1.56. The van der Waals surface area contributed by atoms with Crippen LogP contribution in [0.1, 0.15) is 58.3 Å². The molecule has 3 N–H and O–H groups in total. The Morgan fingerprint density at radius 2 is 1.91 bits per heavy atom. The fraction of sp³-hybridized carbons (Fsp3) is 0.733. The number of nitrogens with one attached hydrogen (secondary N) is 3. The fourth-order valence-electron chi connectivity index (χ4n) is 2.65. The summed E-state index contributed by atoms with van der Waals surface area (Å²) in [7, 11) is 0. The van der Waals surface area contributed by atoms with Gasteiger partial charge in [0.25, 0.3) is 0 Å². The molecular weight excluding hydrogens is 302 g/mol. The summed E-state index contributed by atoms with van der Waals surface area (Å²) in [5.41, 5.74) is 5.61. The third-order valence-electron chi connectivity index (χ3n) is 3.92. The smallest absolute Gasteiger partial charge is 0.307 e. The molecule has 0 bridgehead atoms. The number of carbonyl (C=O) groups is 3. The van der Waals surface area contributed by atoms with Gasteiger partial charge in [-0.15, -0.1) is 0 Å². The van der Waals surface area contributed by atoms with Gasteiger partial charge in [-0.1, -0.05) is 51.2 Å². The normalized spacial score (nSPS) is 16.4. The van der Waals surface area contributed by atoms with Crippen molar-refractivity contribution in [3.8, 4) is 0 Å². The van der Waals surface area contributed by atoms with Gasteiger partial charge in [-0.05, 0) is 19.3 Å². The first-order valence-electron chi connectivity index (χ1n) is 7.93. The first-order valence-corrected chi connectivity index (χ1v) is 8.41. The van der Waals surface area contributed by atoms with Gasteiger partial charge in [-0.2, -0.15) is 0 Å². The molecule has 1 rings (SSSR count). The highest BCUT2D eigenvalue weighted by atomic mass is 32.1. The number of hydrogen-bond donors (Lipinski definition) is 3. The number of carbonyl (C=O) groups excluding carboxylic acids is 3. The maximum Gasteiger partial charge on any atom is 0.307 e. The van der Waals surface area contributed by atoms with Crippen LogP contribution in [0, 0.1) is 5.92 Å². The minimum absolute atomic E-state index is 0.0344. The molecule has 0 aromatic heterocycles. The molecule has 0 heterocycles. The van der Waals surface area contributed by atoms with Crippen molar-refractivity contribution in [1.82, 2.24) is 16.2 Å². The maximum absolute atomic E-state index is 12.3. The number of amides is 2. The van der Waals surface area contributed by atoms with Crippen molar-refractivity contribution >= 4 is 35.3 Å². The van der Waals surface area contributed by atoms with E-state index in [0.717, 1.165) is 50.4 Å². The van der Waals surface area contributed by atoms with Crippen LogP contribution in [-0.2, 0) is 14.4 Å². The van der Waals surface area contributed by atoms with Crippen molar-refractivity contribution in [2.24, 2.45) is 5.92 Å². The van der Waals surface area contributed by atoms with E-state index in [4.69, 9.17) is 0 Å². The molecule has 6 nitrogen and oxygen atoms in total. The molecule has 1 fully saturated rings. The summed E-state index contributed by atoms with van der Waals surface area (Å²) < 4.78 is 0. The maximum atomic E-state index is 12.3. The van der Waals surface area contributed by atoms with Gasteiger partial charge in [0, 0.05) is 5.92 Å². The Kier molecular flexibility index (Phi) is 8.65. The average Bonchev–Trinajstić information content (AvgIpc) is 2.56. The molecule has 0 spiro atoms. The molecule has 1 aliphatic carbocycles. The minimum Gasteiger partial charge on any atom is -0.345 e. The van der Waals surface area contributed by atoms with Crippen LogP contribution in [0.15, 0.2) is 0 Å². The molecule has 0 aromatic rings. The Bertz CT molecular complexity index is 409. The van der Waals surface area contributed by atoms with E-state index < -0.39 is 17.7 Å². The third-order valence-corrected chi connectivity index (χ3v) is 4.04. The molecule has 7 heteroatoms. The topological polar surface area (TPSA) is 87.3 Å². The number of thiocarbonyl (C=S) groups is 1. The van der Waals surface area contributed by atoms with Crippen LogP contribution in [0.25, 0.3) is 0 Å². The monoisotopic (exact) mass is 327 g/mol. The highest BCUT2D eigenvalue weighted by Crippen LogP contribution is 2.23. The first kappa shape index (κ1) is 18.5. The summed E-state index contributed by atoms with van der Waals surface area (Å²) >= 11 is 4.52. The molecule has 2 amide bonds. The van der Waals surface area contributed by atoms with Gasteiger partial charge >= 0.3 is 5.91 Å². The molecule has 0 saturated heterocycles. The van der Waals surface area contributed by atoms with Crippen LogP contribution >= 0.6 is 12.2 Å². The Hall–Kier alpha value is -1.50. The molecule has 1 aliphatic rings. The number of rotatable bonds is 9. The summed E-state index contributed by atoms with van der Waals surface area (Å²) in [5, 5.41) is 2.77. The predicted octanol–water partition coefficient (Wildman–Crippen LogP) is 1.39. The van der Waals surface area contributed by atoms with E-state index in [1.807, 2.05) is 6.92 Å². The van der Waals surface area contributed by atoms with Crippen molar-refractivity contribution in [2.75, 3.05) is 0 Å². The number of hydrazine groups is 1.